The fraction of sp³-hybridized carbons (Fsp3) is 0.667. The fourth-order valence-electron chi connectivity index (χ4n) is 3.33. The first kappa shape index (κ1) is 14.6. The van der Waals surface area contributed by atoms with Crippen molar-refractivity contribution < 1.29 is 5.11 Å². The van der Waals surface area contributed by atoms with Crippen LogP contribution in [-0.4, -0.2) is 11.2 Å². The minimum atomic E-state index is -0.0846. The van der Waals surface area contributed by atoms with Gasteiger partial charge in [-0.15, -0.1) is 0 Å². The zero-order valence-electron chi connectivity index (χ0n) is 12.4. The molecule has 0 saturated heterocycles. The normalized spacial score (nSPS) is 29.1. The van der Waals surface area contributed by atoms with E-state index in [2.05, 4.69) is 44.2 Å². The van der Waals surface area contributed by atoms with E-state index in [0.717, 1.165) is 31.1 Å². The minimum Gasteiger partial charge on any atom is -0.393 e. The first-order valence-corrected chi connectivity index (χ1v) is 7.89. The SMILES string of the molecule is CC1CCC(C(O)CCCc2ccccc2)CC1C. The van der Waals surface area contributed by atoms with Crippen LogP contribution in [0, 0.1) is 17.8 Å². The summed E-state index contributed by atoms with van der Waals surface area (Å²) >= 11 is 0. The lowest BCUT2D eigenvalue weighted by molar-refractivity contribution is 0.0495. The molecule has 106 valence electrons. The summed E-state index contributed by atoms with van der Waals surface area (Å²) in [6, 6.07) is 10.6. The van der Waals surface area contributed by atoms with Crippen molar-refractivity contribution in [1.29, 1.82) is 0 Å². The fourth-order valence-corrected chi connectivity index (χ4v) is 3.33. The average Bonchev–Trinajstić information content (AvgIpc) is 2.43. The number of hydrogen-bond donors (Lipinski definition) is 1. The van der Waals surface area contributed by atoms with Gasteiger partial charge in [0.15, 0.2) is 0 Å². The van der Waals surface area contributed by atoms with Crippen molar-refractivity contribution in [3.8, 4) is 0 Å². The third kappa shape index (κ3) is 4.35. The highest BCUT2D eigenvalue weighted by molar-refractivity contribution is 5.14. The second kappa shape index (κ2) is 7.09. The van der Waals surface area contributed by atoms with Gasteiger partial charge in [-0.1, -0.05) is 50.6 Å². The molecule has 0 aliphatic heterocycles. The molecular formula is C18H28O. The lowest BCUT2D eigenvalue weighted by atomic mass is 9.73. The molecule has 0 amide bonds. The smallest absolute Gasteiger partial charge is 0.0568 e. The lowest BCUT2D eigenvalue weighted by Crippen LogP contribution is -2.29. The summed E-state index contributed by atoms with van der Waals surface area (Å²) in [6.07, 6.45) is 6.80. The molecule has 0 aromatic heterocycles. The highest BCUT2D eigenvalue weighted by atomic mass is 16.3. The van der Waals surface area contributed by atoms with Gasteiger partial charge in [0.25, 0.3) is 0 Å². The standard InChI is InChI=1S/C18H28O/c1-14-11-12-17(13-15(14)2)18(19)10-6-9-16-7-4-3-5-8-16/h3-5,7-8,14-15,17-19H,6,9-13H2,1-2H3. The average molecular weight is 260 g/mol. The summed E-state index contributed by atoms with van der Waals surface area (Å²) in [5.74, 6) is 2.16. The summed E-state index contributed by atoms with van der Waals surface area (Å²) in [5.41, 5.74) is 1.39. The molecule has 0 spiro atoms. The van der Waals surface area contributed by atoms with Gasteiger partial charge >= 0.3 is 0 Å². The van der Waals surface area contributed by atoms with E-state index in [1.54, 1.807) is 0 Å². The van der Waals surface area contributed by atoms with Crippen LogP contribution >= 0.6 is 0 Å². The highest BCUT2D eigenvalue weighted by Gasteiger charge is 2.28. The van der Waals surface area contributed by atoms with Crippen LogP contribution in [0.1, 0.15) is 51.5 Å². The predicted molar refractivity (Wildman–Crippen MR) is 81.1 cm³/mol. The van der Waals surface area contributed by atoms with Crippen molar-refractivity contribution >= 4 is 0 Å². The highest BCUT2D eigenvalue weighted by Crippen LogP contribution is 2.35. The first-order chi connectivity index (χ1) is 9.16. The Labute approximate surface area is 118 Å². The molecular weight excluding hydrogens is 232 g/mol. The van der Waals surface area contributed by atoms with Crippen molar-refractivity contribution in [1.82, 2.24) is 0 Å². The molecule has 1 aromatic rings. The van der Waals surface area contributed by atoms with Gasteiger partial charge in [-0.3, -0.25) is 0 Å². The zero-order chi connectivity index (χ0) is 13.7. The summed E-state index contributed by atoms with van der Waals surface area (Å²) in [6.45, 7) is 4.69. The number of hydrogen-bond acceptors (Lipinski definition) is 1. The molecule has 0 heterocycles. The van der Waals surface area contributed by atoms with E-state index in [1.165, 1.54) is 24.8 Å². The number of rotatable bonds is 5. The second-order valence-corrected chi connectivity index (χ2v) is 6.47. The Morgan fingerprint density at radius 2 is 1.84 bits per heavy atom. The molecule has 1 heteroatoms. The summed E-state index contributed by atoms with van der Waals surface area (Å²) < 4.78 is 0. The van der Waals surface area contributed by atoms with E-state index in [4.69, 9.17) is 0 Å². The van der Waals surface area contributed by atoms with E-state index >= 15 is 0 Å². The van der Waals surface area contributed by atoms with Gasteiger partial charge < -0.3 is 5.11 Å². The Kier molecular flexibility index (Phi) is 5.45. The van der Waals surface area contributed by atoms with Crippen LogP contribution in [0.5, 0.6) is 0 Å². The molecule has 1 aliphatic rings. The Bertz CT molecular complexity index is 359. The molecule has 1 aromatic carbocycles. The van der Waals surface area contributed by atoms with Crippen molar-refractivity contribution in [2.45, 2.75) is 58.5 Å². The topological polar surface area (TPSA) is 20.2 Å². The van der Waals surface area contributed by atoms with E-state index in [1.807, 2.05) is 0 Å². The molecule has 4 atom stereocenters. The Morgan fingerprint density at radius 3 is 2.53 bits per heavy atom. The van der Waals surface area contributed by atoms with E-state index in [0.29, 0.717) is 5.92 Å². The predicted octanol–water partition coefficient (Wildman–Crippen LogP) is 4.44. The van der Waals surface area contributed by atoms with Crippen molar-refractivity contribution in [3.63, 3.8) is 0 Å². The monoisotopic (exact) mass is 260 g/mol. The number of aryl methyl sites for hydroxylation is 1. The summed E-state index contributed by atoms with van der Waals surface area (Å²) in [5, 5.41) is 10.4. The Hall–Kier alpha value is -0.820. The maximum absolute atomic E-state index is 10.4. The quantitative estimate of drug-likeness (QED) is 0.829. The molecule has 1 fully saturated rings. The molecule has 19 heavy (non-hydrogen) atoms. The minimum absolute atomic E-state index is 0.0846. The van der Waals surface area contributed by atoms with Gasteiger partial charge in [-0.05, 0) is 55.4 Å². The van der Waals surface area contributed by atoms with Crippen molar-refractivity contribution in [2.24, 2.45) is 17.8 Å². The van der Waals surface area contributed by atoms with Gasteiger partial charge in [0.05, 0.1) is 6.10 Å². The maximum atomic E-state index is 10.4. The molecule has 2 rings (SSSR count). The molecule has 0 radical (unpaired) electrons. The van der Waals surface area contributed by atoms with Crippen LogP contribution in [0.25, 0.3) is 0 Å². The largest absolute Gasteiger partial charge is 0.393 e. The lowest BCUT2D eigenvalue weighted by Gasteiger charge is -2.34. The van der Waals surface area contributed by atoms with Gasteiger partial charge in [-0.2, -0.15) is 0 Å². The Balaban J connectivity index is 1.71. The number of aliphatic hydroxyl groups excluding tert-OH is 1. The Morgan fingerprint density at radius 1 is 1.11 bits per heavy atom. The molecule has 1 nitrogen and oxygen atoms in total. The van der Waals surface area contributed by atoms with Crippen molar-refractivity contribution in [3.05, 3.63) is 35.9 Å². The third-order valence-corrected chi connectivity index (χ3v) is 4.99. The van der Waals surface area contributed by atoms with Crippen LogP contribution in [-0.2, 0) is 6.42 Å². The van der Waals surface area contributed by atoms with E-state index < -0.39 is 0 Å². The summed E-state index contributed by atoms with van der Waals surface area (Å²) in [7, 11) is 0. The van der Waals surface area contributed by atoms with Crippen LogP contribution in [0.2, 0.25) is 0 Å². The second-order valence-electron chi connectivity index (χ2n) is 6.47. The first-order valence-electron chi connectivity index (χ1n) is 7.89. The van der Waals surface area contributed by atoms with Gasteiger partial charge in [0, 0.05) is 0 Å². The zero-order valence-corrected chi connectivity index (χ0v) is 12.4. The van der Waals surface area contributed by atoms with Gasteiger partial charge in [0.2, 0.25) is 0 Å². The summed E-state index contributed by atoms with van der Waals surface area (Å²) in [4.78, 5) is 0. The third-order valence-electron chi connectivity index (χ3n) is 4.99. The molecule has 1 N–H and O–H groups in total. The number of aliphatic hydroxyl groups is 1. The number of benzene rings is 1. The molecule has 4 unspecified atom stereocenters. The maximum Gasteiger partial charge on any atom is 0.0568 e. The van der Waals surface area contributed by atoms with Crippen LogP contribution < -0.4 is 0 Å². The van der Waals surface area contributed by atoms with Crippen LogP contribution in [0.4, 0.5) is 0 Å². The van der Waals surface area contributed by atoms with Crippen LogP contribution in [0.3, 0.4) is 0 Å². The van der Waals surface area contributed by atoms with Crippen molar-refractivity contribution in [2.75, 3.05) is 0 Å². The van der Waals surface area contributed by atoms with E-state index in [-0.39, 0.29) is 6.10 Å². The molecule has 1 aliphatic carbocycles. The van der Waals surface area contributed by atoms with Gasteiger partial charge in [0.1, 0.15) is 0 Å². The van der Waals surface area contributed by atoms with E-state index in [9.17, 15) is 5.11 Å². The molecule has 1 saturated carbocycles. The molecule has 0 bridgehead atoms. The van der Waals surface area contributed by atoms with Crippen LogP contribution in [0.15, 0.2) is 30.3 Å². The van der Waals surface area contributed by atoms with Gasteiger partial charge in [-0.25, -0.2) is 0 Å².